The van der Waals surface area contributed by atoms with Crippen molar-refractivity contribution in [3.8, 4) is 5.69 Å². The predicted molar refractivity (Wildman–Crippen MR) is 123 cm³/mol. The summed E-state index contributed by atoms with van der Waals surface area (Å²) in [4.78, 5) is 32.8. The minimum Gasteiger partial charge on any atom is -0.342 e. The van der Waals surface area contributed by atoms with Crippen LogP contribution in [0.1, 0.15) is 26.2 Å². The Bertz CT molecular complexity index is 1130. The summed E-state index contributed by atoms with van der Waals surface area (Å²) in [5.41, 5.74) is 1.10. The van der Waals surface area contributed by atoms with Crippen molar-refractivity contribution in [2.24, 2.45) is 5.92 Å². The third-order valence-corrected chi connectivity index (χ3v) is 6.32. The molecule has 0 spiro atoms. The minimum atomic E-state index is -0.166. The Labute approximate surface area is 185 Å². The van der Waals surface area contributed by atoms with Crippen LogP contribution in [-0.2, 0) is 4.79 Å². The van der Waals surface area contributed by atoms with Gasteiger partial charge < -0.3 is 4.90 Å². The number of amides is 1. The molecular formula is C23H24ClN3O2S. The van der Waals surface area contributed by atoms with E-state index in [4.69, 9.17) is 16.6 Å². The molecule has 1 heterocycles. The molecule has 156 valence electrons. The van der Waals surface area contributed by atoms with Gasteiger partial charge in [0.05, 0.1) is 22.3 Å². The van der Waals surface area contributed by atoms with E-state index < -0.39 is 0 Å². The van der Waals surface area contributed by atoms with Gasteiger partial charge in [0.25, 0.3) is 5.56 Å². The molecular weight excluding hydrogens is 418 g/mol. The number of carbonyl (C=O) groups is 1. The van der Waals surface area contributed by atoms with Crippen molar-refractivity contribution in [2.45, 2.75) is 31.3 Å². The zero-order chi connectivity index (χ0) is 21.1. The minimum absolute atomic E-state index is 0.0915. The smallest absolute Gasteiger partial charge is 0.266 e. The van der Waals surface area contributed by atoms with Crippen molar-refractivity contribution in [1.29, 1.82) is 0 Å². The summed E-state index contributed by atoms with van der Waals surface area (Å²) < 4.78 is 1.55. The maximum Gasteiger partial charge on any atom is 0.266 e. The first-order valence-corrected chi connectivity index (χ1v) is 11.6. The average Bonchev–Trinajstić information content (AvgIpc) is 3.56. The van der Waals surface area contributed by atoms with Crippen LogP contribution in [0.4, 0.5) is 0 Å². The van der Waals surface area contributed by atoms with Crippen molar-refractivity contribution >= 4 is 40.2 Å². The second-order valence-corrected chi connectivity index (χ2v) is 8.98. The highest BCUT2D eigenvalue weighted by Gasteiger charge is 2.26. The van der Waals surface area contributed by atoms with Crippen LogP contribution in [0.5, 0.6) is 0 Å². The lowest BCUT2D eigenvalue weighted by molar-refractivity contribution is -0.128. The highest BCUT2D eigenvalue weighted by atomic mass is 35.5. The van der Waals surface area contributed by atoms with Crippen LogP contribution in [0.15, 0.2) is 58.5 Å². The van der Waals surface area contributed by atoms with Crippen LogP contribution in [0.2, 0.25) is 5.02 Å². The molecule has 1 aliphatic carbocycles. The summed E-state index contributed by atoms with van der Waals surface area (Å²) in [5, 5.41) is 1.57. The first kappa shape index (κ1) is 20.9. The van der Waals surface area contributed by atoms with E-state index in [2.05, 4.69) is 6.92 Å². The number of rotatable bonds is 8. The lowest BCUT2D eigenvalue weighted by Gasteiger charge is -2.22. The number of nitrogens with zero attached hydrogens (tertiary/aromatic N) is 3. The SMILES string of the molecule is CCCN(CC1CC1)C(=O)CSc1nc2ccccc2c(=O)n1-c1cccc(Cl)c1. The van der Waals surface area contributed by atoms with Crippen LogP contribution >= 0.6 is 23.4 Å². The molecule has 7 heteroatoms. The first-order chi connectivity index (χ1) is 14.6. The molecule has 30 heavy (non-hydrogen) atoms. The van der Waals surface area contributed by atoms with Gasteiger partial charge in [-0.15, -0.1) is 0 Å². The second kappa shape index (κ2) is 9.23. The predicted octanol–water partition coefficient (Wildman–Crippen LogP) is 4.78. The van der Waals surface area contributed by atoms with Gasteiger partial charge in [0.1, 0.15) is 0 Å². The van der Waals surface area contributed by atoms with Crippen LogP contribution in [0, 0.1) is 5.92 Å². The zero-order valence-electron chi connectivity index (χ0n) is 16.9. The van der Waals surface area contributed by atoms with Gasteiger partial charge in [0.15, 0.2) is 5.16 Å². The zero-order valence-corrected chi connectivity index (χ0v) is 18.5. The molecule has 0 radical (unpaired) electrons. The summed E-state index contributed by atoms with van der Waals surface area (Å²) in [7, 11) is 0. The summed E-state index contributed by atoms with van der Waals surface area (Å²) >= 11 is 7.48. The standard InChI is InChI=1S/C23H24ClN3O2S/c1-2-12-26(14-16-10-11-16)21(28)15-30-23-25-20-9-4-3-8-19(20)22(29)27(23)18-7-5-6-17(24)13-18/h3-9,13,16H,2,10-12,14-15H2,1H3. The van der Waals surface area contributed by atoms with E-state index in [9.17, 15) is 9.59 Å². The Morgan fingerprint density at radius 2 is 2.03 bits per heavy atom. The topological polar surface area (TPSA) is 55.2 Å². The molecule has 4 rings (SSSR count). The maximum atomic E-state index is 13.3. The number of para-hydroxylation sites is 1. The number of halogens is 1. The van der Waals surface area contributed by atoms with Gasteiger partial charge in [0, 0.05) is 18.1 Å². The molecule has 0 bridgehead atoms. The van der Waals surface area contributed by atoms with E-state index in [0.29, 0.717) is 32.7 Å². The Morgan fingerprint density at radius 3 is 2.77 bits per heavy atom. The summed E-state index contributed by atoms with van der Waals surface area (Å²) in [6.45, 7) is 3.68. The van der Waals surface area contributed by atoms with Crippen LogP contribution < -0.4 is 5.56 Å². The van der Waals surface area contributed by atoms with Crippen molar-refractivity contribution in [1.82, 2.24) is 14.5 Å². The summed E-state index contributed by atoms with van der Waals surface area (Å²) in [6, 6.07) is 14.4. The fraction of sp³-hybridized carbons (Fsp3) is 0.348. The van der Waals surface area contributed by atoms with Crippen molar-refractivity contribution in [2.75, 3.05) is 18.8 Å². The third kappa shape index (κ3) is 4.71. The molecule has 1 fully saturated rings. The molecule has 1 amide bonds. The second-order valence-electron chi connectivity index (χ2n) is 7.60. The van der Waals surface area contributed by atoms with E-state index in [1.807, 2.05) is 29.2 Å². The molecule has 0 N–H and O–H groups in total. The molecule has 3 aromatic rings. The Hall–Kier alpha value is -2.31. The molecule has 1 saturated carbocycles. The highest BCUT2D eigenvalue weighted by Crippen LogP contribution is 2.30. The maximum absolute atomic E-state index is 13.3. The lowest BCUT2D eigenvalue weighted by atomic mass is 10.2. The number of thioether (sulfide) groups is 1. The summed E-state index contributed by atoms with van der Waals surface area (Å²) in [5.74, 6) is 0.987. The van der Waals surface area contributed by atoms with E-state index in [-0.39, 0.29) is 17.2 Å². The molecule has 5 nitrogen and oxygen atoms in total. The summed E-state index contributed by atoms with van der Waals surface area (Å²) in [6.07, 6.45) is 3.35. The fourth-order valence-corrected chi connectivity index (χ4v) is 4.57. The number of aromatic nitrogens is 2. The van der Waals surface area contributed by atoms with Crippen molar-refractivity contribution in [3.05, 3.63) is 63.9 Å². The van der Waals surface area contributed by atoms with Gasteiger partial charge in [-0.25, -0.2) is 4.98 Å². The number of fused-ring (bicyclic) bond motifs is 1. The van der Waals surface area contributed by atoms with E-state index in [1.165, 1.54) is 24.6 Å². The number of benzene rings is 2. The van der Waals surface area contributed by atoms with Gasteiger partial charge in [-0.3, -0.25) is 14.2 Å². The van der Waals surface area contributed by atoms with Gasteiger partial charge in [-0.2, -0.15) is 0 Å². The Kier molecular flexibility index (Phi) is 6.44. The molecule has 0 atom stereocenters. The molecule has 1 aliphatic rings. The Balaban J connectivity index is 1.67. The van der Waals surface area contributed by atoms with E-state index in [1.54, 1.807) is 28.8 Å². The van der Waals surface area contributed by atoms with Gasteiger partial charge >= 0.3 is 0 Å². The van der Waals surface area contributed by atoms with Crippen molar-refractivity contribution < 1.29 is 4.79 Å². The molecule has 0 saturated heterocycles. The molecule has 0 unspecified atom stereocenters. The monoisotopic (exact) mass is 441 g/mol. The third-order valence-electron chi connectivity index (χ3n) is 5.16. The van der Waals surface area contributed by atoms with Crippen molar-refractivity contribution in [3.63, 3.8) is 0 Å². The quantitative estimate of drug-likeness (QED) is 0.373. The van der Waals surface area contributed by atoms with Crippen LogP contribution in [0.25, 0.3) is 16.6 Å². The van der Waals surface area contributed by atoms with Gasteiger partial charge in [-0.05, 0) is 55.5 Å². The number of carbonyl (C=O) groups excluding carboxylic acids is 1. The van der Waals surface area contributed by atoms with Crippen LogP contribution in [0.3, 0.4) is 0 Å². The van der Waals surface area contributed by atoms with Gasteiger partial charge in [0.2, 0.25) is 5.91 Å². The highest BCUT2D eigenvalue weighted by molar-refractivity contribution is 7.99. The largest absolute Gasteiger partial charge is 0.342 e. The number of hydrogen-bond donors (Lipinski definition) is 0. The molecule has 1 aromatic heterocycles. The normalized spacial score (nSPS) is 13.5. The fourth-order valence-electron chi connectivity index (χ4n) is 3.47. The molecule has 0 aliphatic heterocycles. The van der Waals surface area contributed by atoms with Gasteiger partial charge in [-0.1, -0.05) is 48.5 Å². The molecule has 2 aromatic carbocycles. The Morgan fingerprint density at radius 1 is 1.23 bits per heavy atom. The van der Waals surface area contributed by atoms with E-state index in [0.717, 1.165) is 19.5 Å². The first-order valence-electron chi connectivity index (χ1n) is 10.2. The number of hydrogen-bond acceptors (Lipinski definition) is 4. The van der Waals surface area contributed by atoms with E-state index >= 15 is 0 Å². The van der Waals surface area contributed by atoms with Crippen LogP contribution in [-0.4, -0.2) is 39.2 Å². The lowest BCUT2D eigenvalue weighted by Crippen LogP contribution is -2.35. The average molecular weight is 442 g/mol.